The summed E-state index contributed by atoms with van der Waals surface area (Å²) in [5, 5.41) is 0.146. The van der Waals surface area contributed by atoms with Crippen molar-refractivity contribution < 1.29 is 8.42 Å². The van der Waals surface area contributed by atoms with Crippen LogP contribution in [0, 0.1) is 0 Å². The normalized spacial score (nSPS) is 34.6. The molecule has 2 saturated heterocycles. The third-order valence-corrected chi connectivity index (χ3v) is 6.16. The number of sulfone groups is 1. The van der Waals surface area contributed by atoms with Gasteiger partial charge in [-0.1, -0.05) is 30.1 Å². The Morgan fingerprint density at radius 2 is 2.36 bits per heavy atom. The molecule has 2 aliphatic heterocycles. The zero-order valence-corrected chi connectivity index (χ0v) is 10.00. The summed E-state index contributed by atoms with van der Waals surface area (Å²) in [7, 11) is -2.84. The molecule has 0 unspecified atom stereocenters. The molecule has 3 nitrogen and oxygen atoms in total. The molecule has 0 amide bonds. The van der Waals surface area contributed by atoms with Gasteiger partial charge in [-0.25, -0.2) is 8.42 Å². The molecule has 6 heteroatoms. The van der Waals surface area contributed by atoms with Crippen LogP contribution in [0.15, 0.2) is 12.7 Å². The lowest BCUT2D eigenvalue weighted by atomic mass is 10.2. The second-order valence-electron chi connectivity index (χ2n) is 3.51. The number of rotatable bonds is 2. The van der Waals surface area contributed by atoms with Gasteiger partial charge in [0.1, 0.15) is 4.32 Å². The molecule has 2 atom stereocenters. The van der Waals surface area contributed by atoms with Crippen LogP contribution in [0.4, 0.5) is 0 Å². The second kappa shape index (κ2) is 3.50. The van der Waals surface area contributed by atoms with Crippen LogP contribution >= 0.6 is 24.0 Å². The third kappa shape index (κ3) is 1.70. The highest BCUT2D eigenvalue weighted by Crippen LogP contribution is 2.37. The molecule has 0 radical (unpaired) electrons. The van der Waals surface area contributed by atoms with Crippen LogP contribution in [0.1, 0.15) is 0 Å². The lowest BCUT2D eigenvalue weighted by Gasteiger charge is -2.21. The summed E-state index contributed by atoms with van der Waals surface area (Å²) in [6, 6.07) is 0.0792. The molecule has 0 saturated carbocycles. The second-order valence-corrected chi connectivity index (χ2v) is 7.53. The minimum absolute atomic E-state index is 0.0792. The van der Waals surface area contributed by atoms with Crippen molar-refractivity contribution >= 4 is 38.1 Å². The quantitative estimate of drug-likeness (QED) is 0.531. The van der Waals surface area contributed by atoms with Crippen molar-refractivity contribution in [1.29, 1.82) is 0 Å². The monoisotopic (exact) mass is 249 g/mol. The van der Waals surface area contributed by atoms with Crippen molar-refractivity contribution in [2.24, 2.45) is 0 Å². The van der Waals surface area contributed by atoms with E-state index in [9.17, 15) is 8.42 Å². The first-order valence-electron chi connectivity index (χ1n) is 4.32. The fourth-order valence-electron chi connectivity index (χ4n) is 1.88. The fraction of sp³-hybridized carbons (Fsp3) is 0.625. The fourth-order valence-corrected chi connectivity index (χ4v) is 6.27. The molecule has 0 aliphatic carbocycles. The van der Waals surface area contributed by atoms with E-state index in [2.05, 4.69) is 6.58 Å². The Hall–Kier alpha value is -0.0700. The minimum atomic E-state index is -2.84. The average molecular weight is 249 g/mol. The van der Waals surface area contributed by atoms with Crippen molar-refractivity contribution in [1.82, 2.24) is 4.90 Å². The molecule has 0 bridgehead atoms. The van der Waals surface area contributed by atoms with E-state index < -0.39 is 9.84 Å². The summed E-state index contributed by atoms with van der Waals surface area (Å²) in [4.78, 5) is 1.97. The minimum Gasteiger partial charge on any atom is -0.349 e. The highest BCUT2D eigenvalue weighted by molar-refractivity contribution is 8.24. The van der Waals surface area contributed by atoms with Gasteiger partial charge in [0.05, 0.1) is 17.5 Å². The van der Waals surface area contributed by atoms with Crippen LogP contribution in [0.5, 0.6) is 0 Å². The molecule has 2 heterocycles. The van der Waals surface area contributed by atoms with E-state index in [1.54, 1.807) is 6.08 Å². The molecular formula is C8H11NO2S3. The molecule has 0 spiro atoms. The average Bonchev–Trinajstić information content (AvgIpc) is 2.47. The van der Waals surface area contributed by atoms with Crippen LogP contribution in [-0.4, -0.2) is 47.0 Å². The van der Waals surface area contributed by atoms with E-state index in [0.29, 0.717) is 6.54 Å². The molecule has 0 aromatic carbocycles. The molecular weight excluding hydrogens is 238 g/mol. The molecule has 0 aromatic heterocycles. The Morgan fingerprint density at radius 1 is 1.64 bits per heavy atom. The van der Waals surface area contributed by atoms with E-state index in [4.69, 9.17) is 12.2 Å². The maximum absolute atomic E-state index is 11.4. The van der Waals surface area contributed by atoms with Gasteiger partial charge in [0, 0.05) is 11.8 Å². The number of thiocarbonyl (C=S) groups is 1. The van der Waals surface area contributed by atoms with Gasteiger partial charge < -0.3 is 4.90 Å². The highest BCUT2D eigenvalue weighted by atomic mass is 32.2. The van der Waals surface area contributed by atoms with Gasteiger partial charge in [-0.2, -0.15) is 0 Å². The number of hydrogen-bond donors (Lipinski definition) is 0. The Balaban J connectivity index is 2.21. The molecule has 0 aromatic rings. The van der Waals surface area contributed by atoms with E-state index in [0.717, 1.165) is 4.32 Å². The number of fused-ring (bicyclic) bond motifs is 1. The van der Waals surface area contributed by atoms with Crippen molar-refractivity contribution in [3.63, 3.8) is 0 Å². The zero-order chi connectivity index (χ0) is 10.3. The van der Waals surface area contributed by atoms with Gasteiger partial charge in [-0.15, -0.1) is 6.58 Å². The number of nitrogens with zero attached hydrogens (tertiary/aromatic N) is 1. The Morgan fingerprint density at radius 3 is 3.00 bits per heavy atom. The van der Waals surface area contributed by atoms with Crippen LogP contribution in [0.25, 0.3) is 0 Å². The highest BCUT2D eigenvalue weighted by Gasteiger charge is 2.47. The van der Waals surface area contributed by atoms with Gasteiger partial charge in [-0.05, 0) is 0 Å². The molecule has 78 valence electrons. The largest absolute Gasteiger partial charge is 0.349 e. The lowest BCUT2D eigenvalue weighted by molar-refractivity contribution is 0.396. The topological polar surface area (TPSA) is 37.4 Å². The van der Waals surface area contributed by atoms with Crippen molar-refractivity contribution in [3.8, 4) is 0 Å². The van der Waals surface area contributed by atoms with E-state index in [1.165, 1.54) is 11.8 Å². The van der Waals surface area contributed by atoms with Gasteiger partial charge in [-0.3, -0.25) is 0 Å². The number of thioether (sulfide) groups is 1. The Labute approximate surface area is 93.5 Å². The van der Waals surface area contributed by atoms with Gasteiger partial charge in [0.25, 0.3) is 0 Å². The van der Waals surface area contributed by atoms with E-state index in [-0.39, 0.29) is 22.8 Å². The molecule has 14 heavy (non-hydrogen) atoms. The molecule has 2 fully saturated rings. The lowest BCUT2D eigenvalue weighted by Crippen LogP contribution is -2.36. The van der Waals surface area contributed by atoms with E-state index in [1.807, 2.05) is 4.90 Å². The maximum atomic E-state index is 11.4. The first kappa shape index (κ1) is 10.4. The third-order valence-electron chi connectivity index (χ3n) is 2.48. The number of hydrogen-bond acceptors (Lipinski definition) is 4. The smallest absolute Gasteiger partial charge is 0.153 e. The summed E-state index contributed by atoms with van der Waals surface area (Å²) < 4.78 is 23.6. The standard InChI is InChI=1S/C8H11NO2S3/c1-2-3-9-6-4-14(10,11)5-7(6)13-8(9)12/h2,6-7H,1,3-5H2/t6-,7-/m0/s1. The molecule has 0 N–H and O–H groups in total. The zero-order valence-electron chi connectivity index (χ0n) is 7.55. The first-order valence-corrected chi connectivity index (χ1v) is 7.43. The SMILES string of the molecule is C=CCN1C(=S)S[C@H]2CS(=O)(=O)C[C@@H]21. The summed E-state index contributed by atoms with van der Waals surface area (Å²) in [6.07, 6.45) is 1.76. The van der Waals surface area contributed by atoms with Crippen LogP contribution in [-0.2, 0) is 9.84 Å². The summed E-state index contributed by atoms with van der Waals surface area (Å²) in [6.45, 7) is 4.30. The molecule has 2 rings (SSSR count). The Bertz CT molecular complexity index is 376. The molecule has 2 aliphatic rings. The Kier molecular flexibility index (Phi) is 2.61. The van der Waals surface area contributed by atoms with Gasteiger partial charge >= 0.3 is 0 Å². The predicted octanol–water partition coefficient (Wildman–Crippen LogP) is 0.672. The van der Waals surface area contributed by atoms with Crippen LogP contribution in [0.2, 0.25) is 0 Å². The van der Waals surface area contributed by atoms with Crippen molar-refractivity contribution in [2.75, 3.05) is 18.1 Å². The predicted molar refractivity (Wildman–Crippen MR) is 63.3 cm³/mol. The maximum Gasteiger partial charge on any atom is 0.153 e. The van der Waals surface area contributed by atoms with Crippen LogP contribution < -0.4 is 0 Å². The van der Waals surface area contributed by atoms with Crippen molar-refractivity contribution in [2.45, 2.75) is 11.3 Å². The van der Waals surface area contributed by atoms with Crippen molar-refractivity contribution in [3.05, 3.63) is 12.7 Å². The van der Waals surface area contributed by atoms with Gasteiger partial charge in [0.2, 0.25) is 0 Å². The van der Waals surface area contributed by atoms with E-state index >= 15 is 0 Å². The van der Waals surface area contributed by atoms with Crippen LogP contribution in [0.3, 0.4) is 0 Å². The summed E-state index contributed by atoms with van der Waals surface area (Å²) >= 11 is 6.70. The summed E-state index contributed by atoms with van der Waals surface area (Å²) in [5.41, 5.74) is 0. The first-order chi connectivity index (χ1) is 6.53. The van der Waals surface area contributed by atoms with Gasteiger partial charge in [0.15, 0.2) is 9.84 Å². The summed E-state index contributed by atoms with van der Waals surface area (Å²) in [5.74, 6) is 0.523.